The van der Waals surface area contributed by atoms with E-state index in [0.717, 1.165) is 29.4 Å². The third-order valence-corrected chi connectivity index (χ3v) is 6.31. The van der Waals surface area contributed by atoms with Crippen LogP contribution >= 0.6 is 23.4 Å². The molecule has 4 rings (SSSR count). The van der Waals surface area contributed by atoms with Gasteiger partial charge >= 0.3 is 5.97 Å². The van der Waals surface area contributed by atoms with E-state index in [4.69, 9.17) is 11.6 Å². The molecule has 1 N–H and O–H groups in total. The van der Waals surface area contributed by atoms with Crippen molar-refractivity contribution in [3.63, 3.8) is 0 Å². The van der Waals surface area contributed by atoms with Crippen LogP contribution in [0.1, 0.15) is 18.5 Å². The minimum atomic E-state index is -0.785. The highest BCUT2D eigenvalue weighted by atomic mass is 35.5. The zero-order valence-corrected chi connectivity index (χ0v) is 17.6. The number of hydrogen-bond donors (Lipinski definition) is 1. The maximum Gasteiger partial charge on any atom is 0.308 e. The van der Waals surface area contributed by atoms with E-state index in [1.807, 2.05) is 13.2 Å². The van der Waals surface area contributed by atoms with E-state index in [0.29, 0.717) is 34.9 Å². The van der Waals surface area contributed by atoms with Gasteiger partial charge in [0.25, 0.3) is 0 Å². The fourth-order valence-corrected chi connectivity index (χ4v) is 4.70. The largest absolute Gasteiger partial charge is 0.481 e. The average molecular weight is 435 g/mol. The van der Waals surface area contributed by atoms with Crippen molar-refractivity contribution in [2.24, 2.45) is 5.92 Å². The van der Waals surface area contributed by atoms with Gasteiger partial charge in [-0.15, -0.1) is 11.8 Å². The van der Waals surface area contributed by atoms with E-state index in [1.165, 1.54) is 6.07 Å². The van der Waals surface area contributed by atoms with Crippen molar-refractivity contribution in [2.75, 3.05) is 24.2 Å². The van der Waals surface area contributed by atoms with E-state index >= 15 is 0 Å². The average Bonchev–Trinajstić information content (AvgIpc) is 3.09. The molecule has 0 saturated carbocycles. The number of halogens is 2. The number of hydrogen-bond acceptors (Lipinski definition) is 5. The van der Waals surface area contributed by atoms with Crippen LogP contribution in [0, 0.1) is 18.7 Å². The van der Waals surface area contributed by atoms with Gasteiger partial charge in [0.05, 0.1) is 22.2 Å². The number of aliphatic carboxylic acids is 1. The number of rotatable bonds is 4. The van der Waals surface area contributed by atoms with Crippen LogP contribution in [0.2, 0.25) is 5.02 Å². The number of aromatic nitrogens is 3. The summed E-state index contributed by atoms with van der Waals surface area (Å²) in [5, 5.41) is 14.4. The second-order valence-corrected chi connectivity index (χ2v) is 8.35. The number of piperidine rings is 1. The summed E-state index contributed by atoms with van der Waals surface area (Å²) in [6, 6.07) is 6.23. The van der Waals surface area contributed by atoms with Crippen LogP contribution < -0.4 is 4.90 Å². The normalized spacial score (nSPS) is 17.1. The van der Waals surface area contributed by atoms with Crippen LogP contribution in [0.15, 0.2) is 29.2 Å². The lowest BCUT2D eigenvalue weighted by Crippen LogP contribution is -2.40. The van der Waals surface area contributed by atoms with Gasteiger partial charge in [0.1, 0.15) is 11.6 Å². The second kappa shape index (κ2) is 7.84. The summed E-state index contributed by atoms with van der Waals surface area (Å²) in [6.07, 6.45) is 3.41. The predicted octanol–water partition coefficient (Wildman–Crippen LogP) is 4.52. The van der Waals surface area contributed by atoms with E-state index in [1.54, 1.807) is 34.5 Å². The molecule has 1 aromatic carbocycles. The van der Waals surface area contributed by atoms with Crippen molar-refractivity contribution in [1.82, 2.24) is 14.6 Å². The van der Waals surface area contributed by atoms with E-state index in [9.17, 15) is 14.3 Å². The Balaban J connectivity index is 1.88. The number of carbonyl (C=O) groups is 1. The van der Waals surface area contributed by atoms with Crippen LogP contribution in [0.25, 0.3) is 16.9 Å². The van der Waals surface area contributed by atoms with Crippen molar-refractivity contribution >= 4 is 40.8 Å². The molecule has 3 aromatic rings. The number of benzene rings is 1. The lowest BCUT2D eigenvalue weighted by molar-refractivity contribution is -0.141. The van der Waals surface area contributed by atoms with Crippen LogP contribution in [-0.4, -0.2) is 45.0 Å². The molecule has 0 radical (unpaired) electrons. The first-order chi connectivity index (χ1) is 13.9. The number of carboxylic acid groups (broad SMARTS) is 1. The minimum absolute atomic E-state index is 0.322. The topological polar surface area (TPSA) is 70.7 Å². The predicted molar refractivity (Wildman–Crippen MR) is 112 cm³/mol. The summed E-state index contributed by atoms with van der Waals surface area (Å²) in [7, 11) is 0. The monoisotopic (exact) mass is 434 g/mol. The Labute approximate surface area is 176 Å². The molecule has 1 fully saturated rings. The number of nitrogens with zero attached hydrogens (tertiary/aromatic N) is 4. The van der Waals surface area contributed by atoms with Gasteiger partial charge in [-0.1, -0.05) is 11.6 Å². The molecule has 0 bridgehead atoms. The Morgan fingerprint density at radius 2 is 2.17 bits per heavy atom. The van der Waals surface area contributed by atoms with E-state index < -0.39 is 17.7 Å². The Bertz CT molecular complexity index is 1100. The number of fused-ring (bicyclic) bond motifs is 1. The summed E-state index contributed by atoms with van der Waals surface area (Å²) in [5.41, 5.74) is 2.23. The molecular weight excluding hydrogens is 415 g/mol. The smallest absolute Gasteiger partial charge is 0.308 e. The molecular formula is C20H20ClFN4O2S. The maximum atomic E-state index is 14.5. The summed E-state index contributed by atoms with van der Waals surface area (Å²) >= 11 is 7.42. The third-order valence-electron chi connectivity index (χ3n) is 5.19. The van der Waals surface area contributed by atoms with Crippen molar-refractivity contribution in [1.29, 1.82) is 0 Å². The van der Waals surface area contributed by atoms with Crippen molar-refractivity contribution in [2.45, 2.75) is 24.7 Å². The van der Waals surface area contributed by atoms with E-state index in [2.05, 4.69) is 15.0 Å². The lowest BCUT2D eigenvalue weighted by atomic mass is 9.98. The first-order valence-corrected chi connectivity index (χ1v) is 10.9. The van der Waals surface area contributed by atoms with Gasteiger partial charge in [-0.2, -0.15) is 9.61 Å². The van der Waals surface area contributed by atoms with Gasteiger partial charge in [0.15, 0.2) is 5.65 Å². The van der Waals surface area contributed by atoms with Gasteiger partial charge in [-0.3, -0.25) is 4.79 Å². The first-order valence-electron chi connectivity index (χ1n) is 9.26. The maximum absolute atomic E-state index is 14.5. The van der Waals surface area contributed by atoms with Crippen LogP contribution in [0.5, 0.6) is 0 Å². The van der Waals surface area contributed by atoms with Crippen molar-refractivity contribution in [3.05, 3.63) is 40.8 Å². The van der Waals surface area contributed by atoms with Crippen LogP contribution in [0.3, 0.4) is 0 Å². The zero-order valence-electron chi connectivity index (χ0n) is 16.0. The molecule has 9 heteroatoms. The Hall–Kier alpha value is -2.32. The summed E-state index contributed by atoms with van der Waals surface area (Å²) < 4.78 is 16.2. The highest BCUT2D eigenvalue weighted by Crippen LogP contribution is 2.35. The molecule has 1 atom stereocenters. The summed E-state index contributed by atoms with van der Waals surface area (Å²) in [4.78, 5) is 19.2. The molecule has 1 unspecified atom stereocenters. The highest BCUT2D eigenvalue weighted by molar-refractivity contribution is 7.98. The number of carboxylic acids is 1. The standard InChI is InChI=1S/C20H20ClFN4O2S/c1-11-18(29-2)19(25-7-3-4-12(10-25)20(27)28)26-17(23-11)9-16(24-26)14-6-5-13(21)8-15(14)22/h5-6,8-9,12H,3-4,7,10H2,1-2H3,(H,27,28). The molecule has 29 heavy (non-hydrogen) atoms. The van der Waals surface area contributed by atoms with Gasteiger partial charge in [0, 0.05) is 29.7 Å². The summed E-state index contributed by atoms with van der Waals surface area (Å²) in [6.45, 7) is 3.07. The first kappa shape index (κ1) is 20.0. The molecule has 2 aromatic heterocycles. The van der Waals surface area contributed by atoms with Crippen LogP contribution in [-0.2, 0) is 4.79 Å². The molecule has 0 spiro atoms. The fraction of sp³-hybridized carbons (Fsp3) is 0.350. The van der Waals surface area contributed by atoms with Gasteiger partial charge in [-0.25, -0.2) is 9.37 Å². The Morgan fingerprint density at radius 1 is 1.38 bits per heavy atom. The molecule has 152 valence electrons. The molecule has 1 aliphatic rings. The van der Waals surface area contributed by atoms with E-state index in [-0.39, 0.29) is 0 Å². The number of thioether (sulfide) groups is 1. The third kappa shape index (κ3) is 3.67. The van der Waals surface area contributed by atoms with Gasteiger partial charge in [0.2, 0.25) is 0 Å². The molecule has 6 nitrogen and oxygen atoms in total. The fourth-order valence-electron chi connectivity index (χ4n) is 3.80. The lowest BCUT2D eigenvalue weighted by Gasteiger charge is -2.33. The SMILES string of the molecule is CSc1c(C)nc2cc(-c3ccc(Cl)cc3F)nn2c1N1CCCC(C(=O)O)C1. The summed E-state index contributed by atoms with van der Waals surface area (Å²) in [5.74, 6) is -0.850. The molecule has 0 amide bonds. The van der Waals surface area contributed by atoms with Gasteiger partial charge in [-0.05, 0) is 44.2 Å². The van der Waals surface area contributed by atoms with Crippen LogP contribution in [0.4, 0.5) is 10.2 Å². The minimum Gasteiger partial charge on any atom is -0.481 e. The number of aryl methyl sites for hydroxylation is 1. The van der Waals surface area contributed by atoms with Gasteiger partial charge < -0.3 is 10.0 Å². The Kier molecular flexibility index (Phi) is 5.40. The molecule has 1 saturated heterocycles. The Morgan fingerprint density at radius 3 is 2.86 bits per heavy atom. The second-order valence-electron chi connectivity index (χ2n) is 7.10. The quantitative estimate of drug-likeness (QED) is 0.609. The molecule has 1 aliphatic heterocycles. The molecule has 0 aliphatic carbocycles. The number of anilines is 1. The zero-order chi connectivity index (χ0) is 20.7. The molecule has 3 heterocycles. The van der Waals surface area contributed by atoms with Crippen molar-refractivity contribution in [3.8, 4) is 11.3 Å². The van der Waals surface area contributed by atoms with Crippen molar-refractivity contribution < 1.29 is 14.3 Å². The highest BCUT2D eigenvalue weighted by Gasteiger charge is 2.29.